The molecule has 0 aliphatic carbocycles. The first-order valence-corrected chi connectivity index (χ1v) is 18.7. The Kier molecular flexibility index (Phi) is 11.0. The number of nitrogens with zero attached hydrogens (tertiary/aromatic N) is 2. The number of methoxy groups -OCH3 is 1. The molecular formula is C34H46N2O6SSi. The molecule has 4 rings (SSSR count). The highest BCUT2D eigenvalue weighted by atomic mass is 32.2. The number of carbonyl (C=O) groups is 1. The second kappa shape index (κ2) is 14.4. The van der Waals surface area contributed by atoms with Gasteiger partial charge < -0.3 is 13.9 Å². The van der Waals surface area contributed by atoms with E-state index in [-0.39, 0.29) is 28.3 Å². The average molecular weight is 639 g/mol. The van der Waals surface area contributed by atoms with Crippen molar-refractivity contribution in [2.24, 2.45) is 5.92 Å². The fourth-order valence-electron chi connectivity index (χ4n) is 6.02. The van der Waals surface area contributed by atoms with Crippen LogP contribution >= 0.6 is 0 Å². The summed E-state index contributed by atoms with van der Waals surface area (Å²) in [5, 5.41) is 2.41. The molecule has 8 nitrogen and oxygen atoms in total. The molecule has 1 aromatic heterocycles. The summed E-state index contributed by atoms with van der Waals surface area (Å²) < 4.78 is 46.4. The Balaban J connectivity index is 1.44. The van der Waals surface area contributed by atoms with E-state index in [2.05, 4.69) is 81.2 Å². The Hall–Kier alpha value is -3.05. The first kappa shape index (κ1) is 33.8. The molecule has 0 amide bonds. The maximum atomic E-state index is 13.6. The molecule has 1 aliphatic rings. The zero-order valence-corrected chi connectivity index (χ0v) is 28.6. The number of benzene rings is 2. The quantitative estimate of drug-likeness (QED) is 0.190. The van der Waals surface area contributed by atoms with Gasteiger partial charge in [0.15, 0.2) is 0 Å². The average Bonchev–Trinajstić information content (AvgIpc) is 3.50. The van der Waals surface area contributed by atoms with Gasteiger partial charge in [0.05, 0.1) is 13.7 Å². The van der Waals surface area contributed by atoms with Crippen LogP contribution in [0, 0.1) is 12.8 Å². The lowest BCUT2D eigenvalue weighted by Gasteiger charge is -2.43. The molecule has 1 fully saturated rings. The lowest BCUT2D eigenvalue weighted by molar-refractivity contribution is -0.144. The van der Waals surface area contributed by atoms with Crippen molar-refractivity contribution in [3.05, 3.63) is 78.5 Å². The van der Waals surface area contributed by atoms with Crippen LogP contribution in [0.3, 0.4) is 0 Å². The maximum absolute atomic E-state index is 13.6. The third kappa shape index (κ3) is 7.25. The van der Waals surface area contributed by atoms with Crippen LogP contribution in [-0.2, 0) is 24.0 Å². The Morgan fingerprint density at radius 3 is 2.14 bits per heavy atom. The van der Waals surface area contributed by atoms with E-state index in [1.54, 1.807) is 13.0 Å². The van der Waals surface area contributed by atoms with Crippen LogP contribution in [0.25, 0.3) is 0 Å². The van der Waals surface area contributed by atoms with Gasteiger partial charge in [-0.2, -0.15) is 4.31 Å². The highest BCUT2D eigenvalue weighted by molar-refractivity contribution is 7.89. The molecule has 238 valence electrons. The molecule has 2 aromatic carbocycles. The van der Waals surface area contributed by atoms with Gasteiger partial charge in [0.1, 0.15) is 10.9 Å². The molecule has 0 N–H and O–H groups in total. The van der Waals surface area contributed by atoms with Crippen molar-refractivity contribution in [1.82, 2.24) is 9.29 Å². The fourth-order valence-corrected chi connectivity index (χ4v) is 12.3. The van der Waals surface area contributed by atoms with Gasteiger partial charge in [0.2, 0.25) is 15.9 Å². The molecule has 1 saturated heterocycles. The molecule has 44 heavy (non-hydrogen) atoms. The van der Waals surface area contributed by atoms with E-state index in [4.69, 9.17) is 13.9 Å². The van der Waals surface area contributed by atoms with Crippen molar-refractivity contribution < 1.29 is 27.1 Å². The Morgan fingerprint density at radius 1 is 0.977 bits per heavy atom. The Labute approximate surface area is 263 Å². The molecule has 0 bridgehead atoms. The third-order valence-corrected chi connectivity index (χ3v) is 15.4. The lowest BCUT2D eigenvalue weighted by atomic mass is 10.1. The van der Waals surface area contributed by atoms with E-state index < -0.39 is 30.4 Å². The van der Waals surface area contributed by atoms with Crippen LogP contribution < -0.4 is 15.1 Å². The highest BCUT2D eigenvalue weighted by Gasteiger charge is 2.50. The number of ether oxygens (including phenoxy) is 2. The summed E-state index contributed by atoms with van der Waals surface area (Å²) in [5.41, 5.74) is 0.650. The standard InChI is InChI=1S/C34H46N2O6SSi/c1-26(22-25-42-44(34(3,4)5,28-14-9-7-10-15-28)29-16-11-8-12-17-29)21-24-41-32-31(20-19-27(2)35-32)43(38,39)36-23-13-18-30(36)33(37)40-6/h7-12,14-17,19-20,26,30H,13,18,21-25H2,1-6H3/t26-,30+/m1/s1. The van der Waals surface area contributed by atoms with E-state index in [0.717, 1.165) is 6.42 Å². The van der Waals surface area contributed by atoms with Gasteiger partial charge in [-0.15, -0.1) is 0 Å². The molecule has 0 spiro atoms. The number of sulfonamides is 1. The predicted molar refractivity (Wildman–Crippen MR) is 175 cm³/mol. The van der Waals surface area contributed by atoms with Crippen molar-refractivity contribution in [2.45, 2.75) is 76.3 Å². The summed E-state index contributed by atoms with van der Waals surface area (Å²) >= 11 is 0. The number of hydrogen-bond acceptors (Lipinski definition) is 7. The molecule has 0 saturated carbocycles. The number of rotatable bonds is 13. The van der Waals surface area contributed by atoms with Crippen LogP contribution in [-0.4, -0.2) is 64.9 Å². The first-order valence-electron chi connectivity index (χ1n) is 15.4. The maximum Gasteiger partial charge on any atom is 0.324 e. The molecule has 2 atom stereocenters. The summed E-state index contributed by atoms with van der Waals surface area (Å²) in [7, 11) is -5.35. The van der Waals surface area contributed by atoms with Gasteiger partial charge in [-0.25, -0.2) is 13.4 Å². The fraction of sp³-hybridized carbons (Fsp3) is 0.471. The number of aryl methyl sites for hydroxylation is 1. The largest absolute Gasteiger partial charge is 0.477 e. The SMILES string of the molecule is COC(=O)[C@@H]1CCCN1S(=O)(=O)c1ccc(C)nc1OCC[C@@H](C)CCO[Si](c1ccccc1)(c1ccccc1)C(C)(C)C. The monoisotopic (exact) mass is 638 g/mol. The van der Waals surface area contributed by atoms with E-state index in [0.29, 0.717) is 38.2 Å². The van der Waals surface area contributed by atoms with Crippen molar-refractivity contribution in [1.29, 1.82) is 0 Å². The number of aromatic nitrogens is 1. The second-order valence-corrected chi connectivity index (χ2v) is 18.8. The second-order valence-electron chi connectivity index (χ2n) is 12.6. The van der Waals surface area contributed by atoms with Crippen molar-refractivity contribution in [2.75, 3.05) is 26.9 Å². The molecule has 0 unspecified atom stereocenters. The summed E-state index contributed by atoms with van der Waals surface area (Å²) in [5.74, 6) is -0.223. The third-order valence-electron chi connectivity index (χ3n) is 8.42. The van der Waals surface area contributed by atoms with E-state index in [1.165, 1.54) is 27.9 Å². The van der Waals surface area contributed by atoms with Gasteiger partial charge in [-0.3, -0.25) is 4.79 Å². The number of esters is 1. The van der Waals surface area contributed by atoms with Crippen LogP contribution in [0.1, 0.15) is 59.1 Å². The summed E-state index contributed by atoms with van der Waals surface area (Å²) in [6, 6.07) is 23.5. The normalized spacial score (nSPS) is 16.9. The van der Waals surface area contributed by atoms with E-state index >= 15 is 0 Å². The van der Waals surface area contributed by atoms with Crippen molar-refractivity contribution in [3.8, 4) is 5.88 Å². The number of carbonyl (C=O) groups excluding carboxylic acids is 1. The van der Waals surface area contributed by atoms with Crippen LogP contribution in [0.5, 0.6) is 5.88 Å². The van der Waals surface area contributed by atoms with Crippen LogP contribution in [0.4, 0.5) is 0 Å². The van der Waals surface area contributed by atoms with Crippen molar-refractivity contribution in [3.63, 3.8) is 0 Å². The lowest BCUT2D eigenvalue weighted by Crippen LogP contribution is -2.66. The van der Waals surface area contributed by atoms with Crippen LogP contribution in [0.15, 0.2) is 77.7 Å². The van der Waals surface area contributed by atoms with Crippen molar-refractivity contribution >= 4 is 34.7 Å². The van der Waals surface area contributed by atoms with Gasteiger partial charge in [-0.05, 0) is 66.1 Å². The Morgan fingerprint density at radius 2 is 1.57 bits per heavy atom. The Bertz CT molecular complexity index is 1460. The molecule has 0 radical (unpaired) electrons. The number of pyridine rings is 1. The van der Waals surface area contributed by atoms with Crippen LogP contribution in [0.2, 0.25) is 5.04 Å². The minimum absolute atomic E-state index is 0.0263. The van der Waals surface area contributed by atoms with Gasteiger partial charge in [-0.1, -0.05) is 88.4 Å². The molecule has 10 heteroatoms. The number of hydrogen-bond donors (Lipinski definition) is 0. The zero-order chi connectivity index (χ0) is 32.0. The highest BCUT2D eigenvalue weighted by Crippen LogP contribution is 2.37. The minimum Gasteiger partial charge on any atom is -0.477 e. The minimum atomic E-state index is -4.01. The van der Waals surface area contributed by atoms with Gasteiger partial charge in [0, 0.05) is 18.8 Å². The summed E-state index contributed by atoms with van der Waals surface area (Å²) in [4.78, 5) is 16.7. The molecular weight excluding hydrogens is 593 g/mol. The smallest absolute Gasteiger partial charge is 0.324 e. The van der Waals surface area contributed by atoms with Gasteiger partial charge in [0.25, 0.3) is 8.32 Å². The molecule has 3 aromatic rings. The predicted octanol–water partition coefficient (Wildman–Crippen LogP) is 5.09. The van der Waals surface area contributed by atoms with E-state index in [1.807, 2.05) is 12.1 Å². The summed E-state index contributed by atoms with van der Waals surface area (Å²) in [6.45, 7) is 11.9. The topological polar surface area (TPSA) is 95.0 Å². The zero-order valence-electron chi connectivity index (χ0n) is 26.8. The van der Waals surface area contributed by atoms with Gasteiger partial charge >= 0.3 is 5.97 Å². The molecule has 2 heterocycles. The van der Waals surface area contributed by atoms with E-state index in [9.17, 15) is 13.2 Å². The summed E-state index contributed by atoms with van der Waals surface area (Å²) in [6.07, 6.45) is 2.54. The first-order chi connectivity index (χ1) is 20.9. The molecule has 1 aliphatic heterocycles.